The highest BCUT2D eigenvalue weighted by Crippen LogP contribution is 2.46. The Morgan fingerprint density at radius 2 is 1.50 bits per heavy atom. The lowest BCUT2D eigenvalue weighted by atomic mass is 10.1. The van der Waals surface area contributed by atoms with Gasteiger partial charge in [-0.25, -0.2) is 0 Å². The summed E-state index contributed by atoms with van der Waals surface area (Å²) in [5, 5.41) is 2.00. The Hall–Kier alpha value is -1.28. The third kappa shape index (κ3) is 2.45. The van der Waals surface area contributed by atoms with Gasteiger partial charge in [0.15, 0.2) is 0 Å². The van der Waals surface area contributed by atoms with Crippen molar-refractivity contribution < 1.29 is 35.5 Å². The number of allylic oxidation sites excluding steroid dienone is 1. The third-order valence-electron chi connectivity index (χ3n) is 1.46. The van der Waals surface area contributed by atoms with Crippen LogP contribution in [0.15, 0.2) is 12.3 Å². The van der Waals surface area contributed by atoms with Gasteiger partial charge in [0.25, 0.3) is 0 Å². The first-order valence-electron chi connectivity index (χ1n) is 3.69. The van der Waals surface area contributed by atoms with E-state index in [-0.39, 0.29) is 6.08 Å². The molecule has 0 saturated heterocycles. The molecule has 0 spiro atoms. The lowest BCUT2D eigenvalue weighted by molar-refractivity contribution is -0.342. The number of ketones is 1. The van der Waals surface area contributed by atoms with Crippen LogP contribution in [0, 0.1) is 0 Å². The zero-order chi connectivity index (χ0) is 13.2. The van der Waals surface area contributed by atoms with Gasteiger partial charge >= 0.3 is 18.0 Å². The minimum absolute atomic E-state index is 0.0976. The average molecular weight is 253 g/mol. The number of rotatable bonds is 4. The molecular formula is C7H6F7NO. The lowest BCUT2D eigenvalue weighted by Gasteiger charge is -2.26. The summed E-state index contributed by atoms with van der Waals surface area (Å²) >= 11 is 0. The number of nitrogens with one attached hydrogen (secondary N) is 1. The second kappa shape index (κ2) is 4.30. The molecule has 0 saturated carbocycles. The number of hydrogen-bond acceptors (Lipinski definition) is 2. The highest BCUT2D eigenvalue weighted by atomic mass is 19.4. The Labute approximate surface area is 85.1 Å². The van der Waals surface area contributed by atoms with E-state index in [2.05, 4.69) is 0 Å². The number of hydrogen-bond donors (Lipinski definition) is 1. The van der Waals surface area contributed by atoms with Crippen LogP contribution in [0.25, 0.3) is 0 Å². The third-order valence-corrected chi connectivity index (χ3v) is 1.46. The molecule has 0 aromatic rings. The first-order valence-corrected chi connectivity index (χ1v) is 3.69. The van der Waals surface area contributed by atoms with Crippen molar-refractivity contribution in [1.29, 1.82) is 0 Å². The molecule has 0 radical (unpaired) electrons. The smallest absolute Gasteiger partial charge is 0.394 e. The van der Waals surface area contributed by atoms with Crippen LogP contribution < -0.4 is 5.32 Å². The molecule has 0 amide bonds. The summed E-state index contributed by atoms with van der Waals surface area (Å²) < 4.78 is 84.3. The van der Waals surface area contributed by atoms with E-state index in [4.69, 9.17) is 0 Å². The molecule has 0 rings (SSSR count). The number of alkyl halides is 7. The molecule has 16 heavy (non-hydrogen) atoms. The van der Waals surface area contributed by atoms with Gasteiger partial charge in [-0.3, -0.25) is 4.79 Å². The molecule has 0 atom stereocenters. The van der Waals surface area contributed by atoms with Gasteiger partial charge in [-0.15, -0.1) is 0 Å². The van der Waals surface area contributed by atoms with Gasteiger partial charge in [-0.05, 0) is 6.20 Å². The fraction of sp³-hybridized carbons (Fsp3) is 0.571. The largest absolute Gasteiger partial charge is 0.460 e. The average Bonchev–Trinajstić information content (AvgIpc) is 2.11. The van der Waals surface area contributed by atoms with Crippen molar-refractivity contribution in [3.05, 3.63) is 12.3 Å². The van der Waals surface area contributed by atoms with Gasteiger partial charge in [-0.2, -0.15) is 30.7 Å². The molecule has 2 nitrogen and oxygen atoms in total. The van der Waals surface area contributed by atoms with E-state index in [0.717, 1.165) is 7.05 Å². The summed E-state index contributed by atoms with van der Waals surface area (Å²) in [5.41, 5.74) is 0. The fourth-order valence-corrected chi connectivity index (χ4v) is 0.596. The highest BCUT2D eigenvalue weighted by Gasteiger charge is 2.75. The van der Waals surface area contributed by atoms with Crippen LogP contribution in [0.2, 0.25) is 0 Å². The predicted molar refractivity (Wildman–Crippen MR) is 39.2 cm³/mol. The number of carbonyl (C=O) groups is 1. The van der Waals surface area contributed by atoms with Crippen molar-refractivity contribution in [3.63, 3.8) is 0 Å². The number of carbonyl (C=O) groups excluding carboxylic acids is 1. The summed E-state index contributed by atoms with van der Waals surface area (Å²) in [4.78, 5) is 10.5. The van der Waals surface area contributed by atoms with Gasteiger partial charge in [0.1, 0.15) is 0 Å². The predicted octanol–water partition coefficient (Wildman–Crippen LogP) is 2.12. The maximum Gasteiger partial charge on any atom is 0.460 e. The summed E-state index contributed by atoms with van der Waals surface area (Å²) in [5.74, 6) is -14.9. The van der Waals surface area contributed by atoms with Gasteiger partial charge < -0.3 is 5.32 Å². The molecule has 1 N–H and O–H groups in total. The van der Waals surface area contributed by atoms with E-state index in [0.29, 0.717) is 6.20 Å². The van der Waals surface area contributed by atoms with Gasteiger partial charge in [0.2, 0.25) is 5.78 Å². The summed E-state index contributed by atoms with van der Waals surface area (Å²) in [6.45, 7) is 0. The van der Waals surface area contributed by atoms with Crippen LogP contribution in [0.1, 0.15) is 0 Å². The van der Waals surface area contributed by atoms with E-state index in [9.17, 15) is 35.5 Å². The molecule has 0 bridgehead atoms. The molecule has 0 aliphatic heterocycles. The maximum absolute atomic E-state index is 12.5. The quantitative estimate of drug-likeness (QED) is 0.614. The molecule has 0 fully saturated rings. The van der Waals surface area contributed by atoms with Crippen LogP contribution in [0.4, 0.5) is 30.7 Å². The molecule has 0 aliphatic carbocycles. The second-order valence-electron chi connectivity index (χ2n) is 2.63. The van der Waals surface area contributed by atoms with Gasteiger partial charge in [0, 0.05) is 13.1 Å². The molecule has 0 aromatic heterocycles. The Bertz CT molecular complexity index is 294. The standard InChI is InChI=1S/C7H6F7NO/c1-15-3-2-4(16)5(8,9)6(10,11)7(12,13)14/h2-3,15H,1H3/b3-2+. The summed E-state index contributed by atoms with van der Waals surface area (Å²) in [6, 6.07) is 0. The van der Waals surface area contributed by atoms with Crippen molar-refractivity contribution >= 4 is 5.78 Å². The van der Waals surface area contributed by atoms with Crippen molar-refractivity contribution in [2.75, 3.05) is 7.05 Å². The minimum Gasteiger partial charge on any atom is -0.394 e. The van der Waals surface area contributed by atoms with Crippen molar-refractivity contribution in [3.8, 4) is 0 Å². The summed E-state index contributed by atoms with van der Waals surface area (Å²) in [7, 11) is 1.14. The van der Waals surface area contributed by atoms with Crippen LogP contribution in [-0.2, 0) is 4.79 Å². The first kappa shape index (κ1) is 14.7. The Balaban J connectivity index is 5.20. The molecule has 0 unspecified atom stereocenters. The zero-order valence-corrected chi connectivity index (χ0v) is 7.71. The van der Waals surface area contributed by atoms with E-state index in [1.54, 1.807) is 0 Å². The van der Waals surface area contributed by atoms with E-state index < -0.39 is 23.8 Å². The van der Waals surface area contributed by atoms with Crippen LogP contribution in [-0.4, -0.2) is 30.9 Å². The highest BCUT2D eigenvalue weighted by molar-refractivity contribution is 5.96. The summed E-state index contributed by atoms with van der Waals surface area (Å²) in [6.07, 6.45) is -6.08. The van der Waals surface area contributed by atoms with Crippen molar-refractivity contribution in [2.24, 2.45) is 0 Å². The van der Waals surface area contributed by atoms with E-state index in [1.165, 1.54) is 0 Å². The Morgan fingerprint density at radius 3 is 1.81 bits per heavy atom. The second-order valence-corrected chi connectivity index (χ2v) is 2.63. The van der Waals surface area contributed by atoms with Crippen molar-refractivity contribution in [1.82, 2.24) is 5.32 Å². The minimum atomic E-state index is -6.50. The van der Waals surface area contributed by atoms with Crippen molar-refractivity contribution in [2.45, 2.75) is 18.0 Å². The fourth-order valence-electron chi connectivity index (χ4n) is 0.596. The van der Waals surface area contributed by atoms with Crippen LogP contribution >= 0.6 is 0 Å². The molecule has 9 heteroatoms. The SMILES string of the molecule is CN/C=C/C(=O)C(F)(F)C(F)(F)C(F)(F)F. The van der Waals surface area contributed by atoms with Gasteiger partial charge in [0.05, 0.1) is 0 Å². The zero-order valence-electron chi connectivity index (χ0n) is 7.71. The molecule has 0 heterocycles. The molecule has 0 aliphatic rings. The topological polar surface area (TPSA) is 29.1 Å². The maximum atomic E-state index is 12.5. The molecule has 0 aromatic carbocycles. The van der Waals surface area contributed by atoms with Crippen LogP contribution in [0.5, 0.6) is 0 Å². The lowest BCUT2D eigenvalue weighted by Crippen LogP contribution is -2.55. The number of halogens is 7. The van der Waals surface area contributed by atoms with E-state index in [1.807, 2.05) is 5.32 Å². The van der Waals surface area contributed by atoms with E-state index >= 15 is 0 Å². The molecule has 94 valence electrons. The Morgan fingerprint density at radius 1 is 1.06 bits per heavy atom. The Kier molecular flexibility index (Phi) is 3.96. The molecular weight excluding hydrogens is 247 g/mol. The first-order chi connectivity index (χ1) is 6.98. The van der Waals surface area contributed by atoms with Gasteiger partial charge in [-0.1, -0.05) is 0 Å². The van der Waals surface area contributed by atoms with Crippen LogP contribution in [0.3, 0.4) is 0 Å². The normalized spacial score (nSPS) is 14.2. The monoisotopic (exact) mass is 253 g/mol.